The van der Waals surface area contributed by atoms with Crippen molar-refractivity contribution in [3.8, 4) is 17.2 Å². The zero-order chi connectivity index (χ0) is 25.2. The van der Waals surface area contributed by atoms with Gasteiger partial charge in [-0.15, -0.1) is 0 Å². The van der Waals surface area contributed by atoms with Crippen molar-refractivity contribution in [1.29, 1.82) is 0 Å². The number of benzene rings is 3. The van der Waals surface area contributed by atoms with Crippen LogP contribution in [-0.4, -0.2) is 43.6 Å². The molecule has 3 aromatic carbocycles. The summed E-state index contributed by atoms with van der Waals surface area (Å²) in [6.45, 7) is 5.37. The van der Waals surface area contributed by atoms with E-state index in [4.69, 9.17) is 14.2 Å². The van der Waals surface area contributed by atoms with Gasteiger partial charge in [0.15, 0.2) is 11.5 Å². The normalized spacial score (nSPS) is 18.0. The topological polar surface area (TPSA) is 77.1 Å². The van der Waals surface area contributed by atoms with Gasteiger partial charge < -0.3 is 24.4 Å². The van der Waals surface area contributed by atoms with E-state index >= 15 is 0 Å². The molecule has 0 radical (unpaired) electrons. The van der Waals surface area contributed by atoms with Gasteiger partial charge in [0.2, 0.25) is 5.91 Å². The summed E-state index contributed by atoms with van der Waals surface area (Å²) in [6.07, 6.45) is 0.674. The predicted octanol–water partition coefficient (Wildman–Crippen LogP) is 4.97. The van der Waals surface area contributed by atoms with E-state index in [0.717, 1.165) is 16.7 Å². The van der Waals surface area contributed by atoms with E-state index in [2.05, 4.69) is 5.32 Å². The second kappa shape index (κ2) is 9.93. The molecule has 2 amide bonds. The minimum atomic E-state index is -0.615. The molecule has 2 heterocycles. The largest absolute Gasteiger partial charge is 0.495 e. The average Bonchev–Trinajstić information content (AvgIpc) is 2.90. The molecular formula is C29H30N2O5. The van der Waals surface area contributed by atoms with Gasteiger partial charge in [-0.1, -0.05) is 30.3 Å². The molecular weight excluding hydrogens is 456 g/mol. The van der Waals surface area contributed by atoms with Gasteiger partial charge in [0.1, 0.15) is 5.75 Å². The molecule has 5 rings (SSSR count). The summed E-state index contributed by atoms with van der Waals surface area (Å²) in [5.41, 5.74) is 3.84. The summed E-state index contributed by atoms with van der Waals surface area (Å²) < 4.78 is 17.2. The van der Waals surface area contributed by atoms with E-state index in [1.54, 1.807) is 19.2 Å². The van der Waals surface area contributed by atoms with E-state index in [0.29, 0.717) is 54.7 Å². The monoisotopic (exact) mass is 486 g/mol. The Bertz CT molecular complexity index is 1300. The minimum absolute atomic E-state index is 0.0607. The molecule has 0 bridgehead atoms. The second-order valence-electron chi connectivity index (χ2n) is 8.81. The molecule has 2 aliphatic rings. The van der Waals surface area contributed by atoms with Crippen LogP contribution in [0.25, 0.3) is 0 Å². The molecule has 7 nitrogen and oxygen atoms in total. The summed E-state index contributed by atoms with van der Waals surface area (Å²) in [6, 6.07) is 18.2. The Kier molecular flexibility index (Phi) is 6.55. The minimum Gasteiger partial charge on any atom is -0.495 e. The molecule has 0 fully saturated rings. The number of carbonyl (C=O) groups excluding carboxylic acids is 2. The lowest BCUT2D eigenvalue weighted by Crippen LogP contribution is -2.49. The number of methoxy groups -OCH3 is 1. The Morgan fingerprint density at radius 3 is 2.39 bits per heavy atom. The lowest BCUT2D eigenvalue weighted by Gasteiger charge is -2.45. The molecule has 2 unspecified atom stereocenters. The van der Waals surface area contributed by atoms with E-state index in [-0.39, 0.29) is 11.8 Å². The molecule has 1 N–H and O–H groups in total. The standard InChI is InChI=1S/C29H30N2O5/c1-4-35-24-16-18-14-15-31-27(21(18)17-25(24)36-5-2)26(19-10-6-7-11-20(19)29(31)33)28(32)30-22-12-8-9-13-23(22)34-3/h6-13,16-17,26-27H,4-5,14-15H2,1-3H3,(H,30,32). The summed E-state index contributed by atoms with van der Waals surface area (Å²) in [7, 11) is 1.57. The van der Waals surface area contributed by atoms with Gasteiger partial charge >= 0.3 is 0 Å². The highest BCUT2D eigenvalue weighted by Gasteiger charge is 2.46. The van der Waals surface area contributed by atoms with Crippen LogP contribution in [0.2, 0.25) is 0 Å². The van der Waals surface area contributed by atoms with Crippen molar-refractivity contribution in [2.75, 3.05) is 32.2 Å². The Morgan fingerprint density at radius 1 is 0.944 bits per heavy atom. The third-order valence-corrected chi connectivity index (χ3v) is 6.83. The summed E-state index contributed by atoms with van der Waals surface area (Å²) in [5, 5.41) is 3.06. The van der Waals surface area contributed by atoms with Gasteiger partial charge in [-0.25, -0.2) is 0 Å². The fourth-order valence-electron chi connectivity index (χ4n) is 5.31. The molecule has 3 aromatic rings. The molecule has 7 heteroatoms. The number of ether oxygens (including phenoxy) is 3. The first-order valence-corrected chi connectivity index (χ1v) is 12.3. The van der Waals surface area contributed by atoms with Crippen LogP contribution in [0.3, 0.4) is 0 Å². The smallest absolute Gasteiger partial charge is 0.254 e. The van der Waals surface area contributed by atoms with Gasteiger partial charge in [0.25, 0.3) is 5.91 Å². The van der Waals surface area contributed by atoms with Crippen LogP contribution in [0.4, 0.5) is 5.69 Å². The third kappa shape index (κ3) is 4.04. The van der Waals surface area contributed by atoms with Crippen molar-refractivity contribution in [2.45, 2.75) is 32.2 Å². The fourth-order valence-corrected chi connectivity index (χ4v) is 5.31. The van der Waals surface area contributed by atoms with Crippen LogP contribution in [-0.2, 0) is 11.2 Å². The number of rotatable bonds is 7. The maximum absolute atomic E-state index is 14.0. The number of anilines is 1. The maximum Gasteiger partial charge on any atom is 0.254 e. The van der Waals surface area contributed by atoms with Gasteiger partial charge in [0.05, 0.1) is 38.0 Å². The first kappa shape index (κ1) is 23.7. The quantitative estimate of drug-likeness (QED) is 0.510. The molecule has 0 spiro atoms. The number of nitrogens with zero attached hydrogens (tertiary/aromatic N) is 1. The number of nitrogens with one attached hydrogen (secondary N) is 1. The Balaban J connectivity index is 1.64. The zero-order valence-electron chi connectivity index (χ0n) is 20.7. The second-order valence-corrected chi connectivity index (χ2v) is 8.81. The molecule has 2 atom stereocenters. The highest BCUT2D eigenvalue weighted by atomic mass is 16.5. The molecule has 0 aliphatic carbocycles. The first-order chi connectivity index (χ1) is 17.6. The van der Waals surface area contributed by atoms with Crippen LogP contribution in [0.1, 0.15) is 52.9 Å². The zero-order valence-corrected chi connectivity index (χ0v) is 20.7. The molecule has 0 saturated carbocycles. The van der Waals surface area contributed by atoms with Crippen LogP contribution in [0.15, 0.2) is 60.7 Å². The molecule has 0 aromatic heterocycles. The average molecular weight is 487 g/mol. The van der Waals surface area contributed by atoms with E-state index in [1.165, 1.54) is 0 Å². The molecule has 0 saturated heterocycles. The Hall–Kier alpha value is -4.00. The number of carbonyl (C=O) groups is 2. The summed E-state index contributed by atoms with van der Waals surface area (Å²) in [4.78, 5) is 29.4. The van der Waals surface area contributed by atoms with E-state index in [9.17, 15) is 9.59 Å². The number of hydrogen-bond donors (Lipinski definition) is 1. The van der Waals surface area contributed by atoms with Crippen molar-refractivity contribution in [2.24, 2.45) is 0 Å². The Labute approximate surface area is 211 Å². The van der Waals surface area contributed by atoms with Crippen molar-refractivity contribution in [3.63, 3.8) is 0 Å². The Morgan fingerprint density at radius 2 is 1.64 bits per heavy atom. The van der Waals surface area contributed by atoms with Crippen molar-refractivity contribution in [3.05, 3.63) is 82.9 Å². The number of hydrogen-bond acceptors (Lipinski definition) is 5. The molecule has 36 heavy (non-hydrogen) atoms. The van der Waals surface area contributed by atoms with Crippen LogP contribution >= 0.6 is 0 Å². The van der Waals surface area contributed by atoms with E-state index in [1.807, 2.05) is 67.3 Å². The van der Waals surface area contributed by atoms with Crippen LogP contribution < -0.4 is 19.5 Å². The maximum atomic E-state index is 14.0. The highest BCUT2D eigenvalue weighted by molar-refractivity contribution is 6.05. The SMILES string of the molecule is CCOc1cc2c(cc1OCC)C1C(C(=O)Nc3ccccc3OC)c3ccccc3C(=O)N1CC2. The number of fused-ring (bicyclic) bond motifs is 4. The van der Waals surface area contributed by atoms with Crippen molar-refractivity contribution >= 4 is 17.5 Å². The van der Waals surface area contributed by atoms with E-state index < -0.39 is 12.0 Å². The van der Waals surface area contributed by atoms with Crippen molar-refractivity contribution in [1.82, 2.24) is 4.90 Å². The van der Waals surface area contributed by atoms with Gasteiger partial charge in [-0.3, -0.25) is 9.59 Å². The van der Waals surface area contributed by atoms with Gasteiger partial charge in [-0.2, -0.15) is 0 Å². The number of para-hydroxylation sites is 2. The highest BCUT2D eigenvalue weighted by Crippen LogP contribution is 2.48. The van der Waals surface area contributed by atoms with Gasteiger partial charge in [-0.05, 0) is 67.3 Å². The number of amides is 2. The first-order valence-electron chi connectivity index (χ1n) is 12.3. The lowest BCUT2D eigenvalue weighted by molar-refractivity contribution is -0.119. The fraction of sp³-hybridized carbons (Fsp3) is 0.310. The third-order valence-electron chi connectivity index (χ3n) is 6.83. The summed E-state index contributed by atoms with van der Waals surface area (Å²) in [5.74, 6) is 1.00. The van der Waals surface area contributed by atoms with Gasteiger partial charge in [0, 0.05) is 12.1 Å². The summed E-state index contributed by atoms with van der Waals surface area (Å²) >= 11 is 0. The molecule has 186 valence electrons. The van der Waals surface area contributed by atoms with Crippen LogP contribution in [0.5, 0.6) is 17.2 Å². The molecule has 2 aliphatic heterocycles. The lowest BCUT2D eigenvalue weighted by atomic mass is 9.75. The predicted molar refractivity (Wildman–Crippen MR) is 137 cm³/mol. The van der Waals surface area contributed by atoms with Crippen LogP contribution in [0, 0.1) is 0 Å². The van der Waals surface area contributed by atoms with Crippen molar-refractivity contribution < 1.29 is 23.8 Å².